The van der Waals surface area contributed by atoms with Gasteiger partial charge in [0.1, 0.15) is 6.04 Å². The van der Waals surface area contributed by atoms with Gasteiger partial charge in [0.25, 0.3) is 0 Å². The maximum absolute atomic E-state index is 13.1. The minimum atomic E-state index is -0.267. The van der Waals surface area contributed by atoms with Gasteiger partial charge in [0.15, 0.2) is 0 Å². The molecule has 0 spiro atoms. The molecule has 1 saturated carbocycles. The molecular weight excluding hydrogens is 314 g/mol. The van der Waals surface area contributed by atoms with Gasteiger partial charge in [-0.15, -0.1) is 0 Å². The van der Waals surface area contributed by atoms with E-state index in [1.54, 1.807) is 12.4 Å². The lowest BCUT2D eigenvalue weighted by atomic mass is 9.88. The average Bonchev–Trinajstić information content (AvgIpc) is 3.16. The van der Waals surface area contributed by atoms with Crippen LogP contribution in [0.25, 0.3) is 0 Å². The number of amides is 2. The molecule has 1 atom stereocenters. The van der Waals surface area contributed by atoms with E-state index in [1.807, 2.05) is 28.9 Å². The predicted octanol–water partition coefficient (Wildman–Crippen LogP) is 3.00. The Bertz CT molecular complexity index is 584. The van der Waals surface area contributed by atoms with Crippen LogP contribution in [0.15, 0.2) is 24.5 Å². The number of hydrogen-bond donors (Lipinski definition) is 0. The third kappa shape index (κ3) is 4.20. The summed E-state index contributed by atoms with van der Waals surface area (Å²) in [6, 6.07) is 3.61. The van der Waals surface area contributed by atoms with E-state index in [-0.39, 0.29) is 23.8 Å². The Labute approximate surface area is 150 Å². The molecule has 3 rings (SSSR count). The van der Waals surface area contributed by atoms with Crippen molar-refractivity contribution in [1.29, 1.82) is 0 Å². The molecule has 0 aromatic carbocycles. The van der Waals surface area contributed by atoms with Crippen LogP contribution in [-0.2, 0) is 16.1 Å². The molecular formula is C20H29N3O2. The molecule has 0 radical (unpaired) electrons. The minimum absolute atomic E-state index is 0.0981. The molecule has 5 nitrogen and oxygen atoms in total. The summed E-state index contributed by atoms with van der Waals surface area (Å²) in [7, 11) is 0. The molecule has 1 saturated heterocycles. The number of carbonyl (C=O) groups excluding carboxylic acids is 2. The topological polar surface area (TPSA) is 53.5 Å². The zero-order chi connectivity index (χ0) is 17.6. The molecule has 5 heteroatoms. The van der Waals surface area contributed by atoms with Crippen LogP contribution in [-0.4, -0.2) is 45.7 Å². The van der Waals surface area contributed by atoms with E-state index in [4.69, 9.17) is 0 Å². The van der Waals surface area contributed by atoms with E-state index < -0.39 is 0 Å². The van der Waals surface area contributed by atoms with Crippen molar-refractivity contribution in [3.05, 3.63) is 30.1 Å². The van der Waals surface area contributed by atoms with Crippen LogP contribution in [0.5, 0.6) is 0 Å². The first-order valence-corrected chi connectivity index (χ1v) is 9.69. The van der Waals surface area contributed by atoms with Crippen LogP contribution in [0.2, 0.25) is 0 Å². The number of aromatic nitrogens is 1. The van der Waals surface area contributed by atoms with Gasteiger partial charge < -0.3 is 9.80 Å². The van der Waals surface area contributed by atoms with Gasteiger partial charge in [0.05, 0.1) is 0 Å². The smallest absolute Gasteiger partial charge is 0.245 e. The van der Waals surface area contributed by atoms with Crippen molar-refractivity contribution in [2.75, 3.05) is 13.1 Å². The van der Waals surface area contributed by atoms with Crippen LogP contribution in [0.4, 0.5) is 0 Å². The maximum Gasteiger partial charge on any atom is 0.245 e. The summed E-state index contributed by atoms with van der Waals surface area (Å²) >= 11 is 0. The van der Waals surface area contributed by atoms with Crippen molar-refractivity contribution >= 4 is 11.8 Å². The predicted molar refractivity (Wildman–Crippen MR) is 96.6 cm³/mol. The minimum Gasteiger partial charge on any atom is -0.337 e. The first kappa shape index (κ1) is 17.9. The monoisotopic (exact) mass is 343 g/mol. The number of carbonyl (C=O) groups is 2. The molecule has 0 bridgehead atoms. The zero-order valence-corrected chi connectivity index (χ0v) is 15.2. The van der Waals surface area contributed by atoms with E-state index in [9.17, 15) is 9.59 Å². The number of rotatable bonds is 5. The van der Waals surface area contributed by atoms with Crippen LogP contribution in [0, 0.1) is 5.92 Å². The first-order chi connectivity index (χ1) is 12.2. The summed E-state index contributed by atoms with van der Waals surface area (Å²) in [6.07, 6.45) is 10.7. The number of nitrogens with zero attached hydrogens (tertiary/aromatic N) is 3. The molecule has 2 heterocycles. The second-order valence-electron chi connectivity index (χ2n) is 7.23. The van der Waals surface area contributed by atoms with Crippen LogP contribution >= 0.6 is 0 Å². The van der Waals surface area contributed by atoms with Gasteiger partial charge in [-0.3, -0.25) is 14.6 Å². The van der Waals surface area contributed by atoms with E-state index in [0.29, 0.717) is 13.1 Å². The normalized spacial score (nSPS) is 21.3. The highest BCUT2D eigenvalue weighted by Gasteiger charge is 2.38. The van der Waals surface area contributed by atoms with Crippen molar-refractivity contribution < 1.29 is 9.59 Å². The van der Waals surface area contributed by atoms with E-state index in [0.717, 1.165) is 50.6 Å². The van der Waals surface area contributed by atoms with Crippen molar-refractivity contribution in [2.45, 2.75) is 64.5 Å². The van der Waals surface area contributed by atoms with Crippen LogP contribution < -0.4 is 0 Å². The van der Waals surface area contributed by atoms with Gasteiger partial charge in [-0.1, -0.05) is 19.3 Å². The maximum atomic E-state index is 13.1. The van der Waals surface area contributed by atoms with Crippen molar-refractivity contribution in [2.24, 2.45) is 5.92 Å². The Hall–Kier alpha value is -1.91. The third-order valence-electron chi connectivity index (χ3n) is 5.59. The SMILES string of the molecule is CCN(Cc1ccncc1)C(=O)C1CCCN1C(=O)C1CCCCC1. The summed E-state index contributed by atoms with van der Waals surface area (Å²) in [5, 5.41) is 0. The number of pyridine rings is 1. The third-order valence-corrected chi connectivity index (χ3v) is 5.59. The Morgan fingerprint density at radius 3 is 2.52 bits per heavy atom. The van der Waals surface area contributed by atoms with E-state index >= 15 is 0 Å². The van der Waals surface area contributed by atoms with Gasteiger partial charge in [0.2, 0.25) is 11.8 Å². The largest absolute Gasteiger partial charge is 0.337 e. The molecule has 1 aromatic rings. The molecule has 1 aromatic heterocycles. The number of hydrogen-bond acceptors (Lipinski definition) is 3. The lowest BCUT2D eigenvalue weighted by Gasteiger charge is -2.33. The Balaban J connectivity index is 1.67. The molecule has 2 fully saturated rings. The lowest BCUT2D eigenvalue weighted by molar-refractivity contribution is -0.146. The van der Waals surface area contributed by atoms with Crippen molar-refractivity contribution in [1.82, 2.24) is 14.8 Å². The van der Waals surface area contributed by atoms with Crippen molar-refractivity contribution in [3.8, 4) is 0 Å². The molecule has 1 aliphatic heterocycles. The quantitative estimate of drug-likeness (QED) is 0.826. The summed E-state index contributed by atoms with van der Waals surface area (Å²) in [5.74, 6) is 0.453. The highest BCUT2D eigenvalue weighted by Crippen LogP contribution is 2.29. The van der Waals surface area contributed by atoms with Gasteiger partial charge in [-0.25, -0.2) is 0 Å². The fraction of sp³-hybridized carbons (Fsp3) is 0.650. The standard InChI is InChI=1S/C20H29N3O2/c1-2-22(15-16-10-12-21-13-11-16)20(25)18-9-6-14-23(18)19(24)17-7-4-3-5-8-17/h10-13,17-18H,2-9,14-15H2,1H3. The molecule has 2 aliphatic rings. The molecule has 0 N–H and O–H groups in total. The first-order valence-electron chi connectivity index (χ1n) is 9.69. The molecule has 25 heavy (non-hydrogen) atoms. The second-order valence-corrected chi connectivity index (χ2v) is 7.23. The van der Waals surface area contributed by atoms with E-state index in [1.165, 1.54) is 6.42 Å². The van der Waals surface area contributed by atoms with Gasteiger partial charge >= 0.3 is 0 Å². The van der Waals surface area contributed by atoms with Crippen LogP contribution in [0.1, 0.15) is 57.4 Å². The lowest BCUT2D eigenvalue weighted by Crippen LogP contribution is -2.49. The fourth-order valence-corrected chi connectivity index (χ4v) is 4.14. The summed E-state index contributed by atoms with van der Waals surface area (Å²) < 4.78 is 0. The highest BCUT2D eigenvalue weighted by atomic mass is 16.2. The van der Waals surface area contributed by atoms with Crippen LogP contribution in [0.3, 0.4) is 0 Å². The van der Waals surface area contributed by atoms with Gasteiger partial charge in [-0.05, 0) is 50.3 Å². The average molecular weight is 343 g/mol. The Kier molecular flexibility index (Phi) is 6.05. The van der Waals surface area contributed by atoms with Gasteiger partial charge in [0, 0.05) is 37.9 Å². The Morgan fingerprint density at radius 2 is 1.84 bits per heavy atom. The molecule has 2 amide bonds. The Morgan fingerprint density at radius 1 is 1.12 bits per heavy atom. The van der Waals surface area contributed by atoms with E-state index in [2.05, 4.69) is 4.98 Å². The zero-order valence-electron chi connectivity index (χ0n) is 15.2. The summed E-state index contributed by atoms with van der Waals surface area (Å²) in [4.78, 5) is 33.8. The fourth-order valence-electron chi connectivity index (χ4n) is 4.14. The van der Waals surface area contributed by atoms with Gasteiger partial charge in [-0.2, -0.15) is 0 Å². The van der Waals surface area contributed by atoms with Crippen molar-refractivity contribution in [3.63, 3.8) is 0 Å². The molecule has 1 aliphatic carbocycles. The number of likely N-dealkylation sites (N-methyl/N-ethyl adjacent to an activating group) is 1. The summed E-state index contributed by atoms with van der Waals surface area (Å²) in [5.41, 5.74) is 1.08. The number of likely N-dealkylation sites (tertiary alicyclic amines) is 1. The highest BCUT2D eigenvalue weighted by molar-refractivity contribution is 5.89. The molecule has 1 unspecified atom stereocenters. The second kappa shape index (κ2) is 8.45. The molecule has 136 valence electrons. The summed E-state index contributed by atoms with van der Waals surface area (Å²) in [6.45, 7) is 3.98.